The Kier molecular flexibility index (Phi) is 7.54. The van der Waals surface area contributed by atoms with Gasteiger partial charge in [0.05, 0.1) is 30.5 Å². The monoisotopic (exact) mass is 457 g/mol. The van der Waals surface area contributed by atoms with Crippen molar-refractivity contribution in [1.82, 2.24) is 19.5 Å². The van der Waals surface area contributed by atoms with Crippen molar-refractivity contribution in [2.75, 3.05) is 19.0 Å². The maximum atomic E-state index is 7.57. The molecule has 34 heavy (non-hydrogen) atoms. The number of anilines is 2. The number of aliphatic hydroxyl groups is 1. The zero-order valence-corrected chi connectivity index (χ0v) is 19.9. The molecule has 7 heteroatoms. The number of imidazole rings is 1. The molecule has 176 valence electrons. The third-order valence-corrected chi connectivity index (χ3v) is 5.79. The average Bonchev–Trinajstić information content (AvgIpc) is 3.30. The molecule has 2 heterocycles. The van der Waals surface area contributed by atoms with Crippen molar-refractivity contribution in [3.8, 4) is 11.4 Å². The summed E-state index contributed by atoms with van der Waals surface area (Å²) in [5.41, 5.74) is 6.46. The molecule has 2 N–H and O–H groups in total. The molecule has 1 unspecified atom stereocenters. The van der Waals surface area contributed by atoms with E-state index < -0.39 is 0 Å². The molecule has 0 amide bonds. The molecular formula is C27H31N5O2. The average molecular weight is 458 g/mol. The van der Waals surface area contributed by atoms with Crippen LogP contribution < -0.4 is 10.1 Å². The smallest absolute Gasteiger partial charge is 0.227 e. The van der Waals surface area contributed by atoms with Crippen molar-refractivity contribution in [3.05, 3.63) is 89.8 Å². The zero-order chi connectivity index (χ0) is 23.9. The highest BCUT2D eigenvalue weighted by Gasteiger charge is 2.24. The Morgan fingerprint density at radius 3 is 2.65 bits per heavy atom. The highest BCUT2D eigenvalue weighted by molar-refractivity contribution is 5.62. The Hall–Kier alpha value is -3.71. The molecule has 1 atom stereocenters. The van der Waals surface area contributed by atoms with Crippen LogP contribution in [0.3, 0.4) is 0 Å². The molecule has 2 aromatic carbocycles. The third kappa shape index (κ3) is 5.26. The molecule has 0 spiro atoms. The Bertz CT molecular complexity index is 1220. The standard InChI is InChI=1S/C25H25N5O.C2H6O/c1-17-15-30(16-27-17)22-12-11-20(13-23(22)31-2)28-25-26-14-19-9-6-10-21(24(19)29-25)18-7-4-3-5-8-18;1-2-3/h3-5,7-8,11-16,21H,6,9-10H2,1-2H3,(H,26,28,29);3H,2H2,1H3. The first-order valence-electron chi connectivity index (χ1n) is 11.6. The maximum absolute atomic E-state index is 7.57. The van der Waals surface area contributed by atoms with Crippen molar-refractivity contribution >= 4 is 11.6 Å². The van der Waals surface area contributed by atoms with E-state index in [4.69, 9.17) is 14.8 Å². The molecule has 0 fully saturated rings. The summed E-state index contributed by atoms with van der Waals surface area (Å²) >= 11 is 0. The van der Waals surface area contributed by atoms with Gasteiger partial charge in [-0.2, -0.15) is 0 Å². The van der Waals surface area contributed by atoms with E-state index in [0.29, 0.717) is 11.9 Å². The van der Waals surface area contributed by atoms with Gasteiger partial charge in [0.25, 0.3) is 0 Å². The summed E-state index contributed by atoms with van der Waals surface area (Å²) in [6.07, 6.45) is 9.04. The summed E-state index contributed by atoms with van der Waals surface area (Å²) in [5, 5.41) is 10.9. The molecule has 5 rings (SSSR count). The fourth-order valence-corrected chi connectivity index (χ4v) is 4.27. The summed E-state index contributed by atoms with van der Waals surface area (Å²) in [6, 6.07) is 16.6. The second-order valence-electron chi connectivity index (χ2n) is 8.21. The summed E-state index contributed by atoms with van der Waals surface area (Å²) in [5.74, 6) is 1.67. The van der Waals surface area contributed by atoms with Crippen molar-refractivity contribution in [1.29, 1.82) is 0 Å². The van der Waals surface area contributed by atoms with E-state index in [1.165, 1.54) is 11.1 Å². The predicted octanol–water partition coefficient (Wildman–Crippen LogP) is 5.19. The van der Waals surface area contributed by atoms with Gasteiger partial charge < -0.3 is 19.7 Å². The number of aromatic nitrogens is 4. The van der Waals surface area contributed by atoms with E-state index in [-0.39, 0.29) is 6.61 Å². The SMILES string of the molecule is CCO.COc1cc(Nc2ncc3c(n2)C(c2ccccc2)CCC3)ccc1-n1cnc(C)c1. The minimum absolute atomic E-state index is 0.250. The molecular weight excluding hydrogens is 426 g/mol. The molecule has 0 aliphatic heterocycles. The number of methoxy groups -OCH3 is 1. The number of aliphatic hydroxyl groups excluding tert-OH is 1. The van der Waals surface area contributed by atoms with Crippen molar-refractivity contribution in [2.45, 2.75) is 39.0 Å². The first kappa shape index (κ1) is 23.4. The number of aryl methyl sites for hydroxylation is 2. The molecule has 2 aromatic heterocycles. The summed E-state index contributed by atoms with van der Waals surface area (Å²) in [6.45, 7) is 3.90. The van der Waals surface area contributed by atoms with Crippen LogP contribution in [-0.2, 0) is 6.42 Å². The largest absolute Gasteiger partial charge is 0.494 e. The zero-order valence-electron chi connectivity index (χ0n) is 19.9. The number of nitrogens with one attached hydrogen (secondary N) is 1. The van der Waals surface area contributed by atoms with E-state index >= 15 is 0 Å². The minimum Gasteiger partial charge on any atom is -0.494 e. The maximum Gasteiger partial charge on any atom is 0.227 e. The number of hydrogen-bond donors (Lipinski definition) is 2. The number of fused-ring (bicyclic) bond motifs is 1. The van der Waals surface area contributed by atoms with Crippen LogP contribution in [0.1, 0.15) is 48.2 Å². The Morgan fingerprint density at radius 2 is 1.94 bits per heavy atom. The molecule has 7 nitrogen and oxygen atoms in total. The Balaban J connectivity index is 0.000000868. The summed E-state index contributed by atoms with van der Waals surface area (Å²) < 4.78 is 7.58. The Morgan fingerprint density at radius 1 is 1.15 bits per heavy atom. The number of ether oxygens (including phenoxy) is 1. The van der Waals surface area contributed by atoms with Gasteiger partial charge in [0.15, 0.2) is 0 Å². The lowest BCUT2D eigenvalue weighted by molar-refractivity contribution is 0.318. The van der Waals surface area contributed by atoms with E-state index in [1.807, 2.05) is 42.1 Å². The minimum atomic E-state index is 0.250. The lowest BCUT2D eigenvalue weighted by Crippen LogP contribution is -2.15. The number of nitrogens with zero attached hydrogens (tertiary/aromatic N) is 4. The molecule has 1 aliphatic rings. The van der Waals surface area contributed by atoms with Crippen LogP contribution in [0, 0.1) is 6.92 Å². The number of benzene rings is 2. The Labute approximate surface area is 200 Å². The van der Waals surface area contributed by atoms with Gasteiger partial charge in [0.2, 0.25) is 5.95 Å². The third-order valence-electron chi connectivity index (χ3n) is 5.79. The highest BCUT2D eigenvalue weighted by Crippen LogP contribution is 2.36. The van der Waals surface area contributed by atoms with Gasteiger partial charge in [-0.25, -0.2) is 15.0 Å². The van der Waals surface area contributed by atoms with E-state index in [2.05, 4.69) is 45.6 Å². The van der Waals surface area contributed by atoms with Crippen LogP contribution in [0.2, 0.25) is 0 Å². The van der Waals surface area contributed by atoms with Gasteiger partial charge in [-0.05, 0) is 56.4 Å². The lowest BCUT2D eigenvalue weighted by Gasteiger charge is -2.25. The van der Waals surface area contributed by atoms with Crippen molar-refractivity contribution < 1.29 is 9.84 Å². The topological polar surface area (TPSA) is 85.1 Å². The second kappa shape index (κ2) is 10.9. The van der Waals surface area contributed by atoms with Crippen molar-refractivity contribution in [2.24, 2.45) is 0 Å². The lowest BCUT2D eigenvalue weighted by atomic mass is 9.83. The van der Waals surface area contributed by atoms with Gasteiger partial charge in [-0.15, -0.1) is 0 Å². The van der Waals surface area contributed by atoms with Gasteiger partial charge in [-0.3, -0.25) is 0 Å². The molecule has 0 saturated heterocycles. The number of rotatable bonds is 5. The molecule has 0 saturated carbocycles. The van der Waals surface area contributed by atoms with Crippen LogP contribution in [-0.4, -0.2) is 38.3 Å². The first-order valence-corrected chi connectivity index (χ1v) is 11.6. The quantitative estimate of drug-likeness (QED) is 0.429. The molecule has 0 radical (unpaired) electrons. The summed E-state index contributed by atoms with van der Waals surface area (Å²) in [7, 11) is 1.67. The van der Waals surface area contributed by atoms with Gasteiger partial charge >= 0.3 is 0 Å². The first-order chi connectivity index (χ1) is 16.6. The van der Waals surface area contributed by atoms with Gasteiger partial charge in [0, 0.05) is 36.7 Å². The van der Waals surface area contributed by atoms with E-state index in [0.717, 1.165) is 47.8 Å². The van der Waals surface area contributed by atoms with Gasteiger partial charge in [0.1, 0.15) is 5.75 Å². The summed E-state index contributed by atoms with van der Waals surface area (Å²) in [4.78, 5) is 13.8. The van der Waals surface area contributed by atoms with Crippen LogP contribution >= 0.6 is 0 Å². The van der Waals surface area contributed by atoms with Crippen LogP contribution in [0.5, 0.6) is 5.75 Å². The molecule has 1 aliphatic carbocycles. The number of hydrogen-bond acceptors (Lipinski definition) is 6. The van der Waals surface area contributed by atoms with E-state index in [9.17, 15) is 0 Å². The van der Waals surface area contributed by atoms with Crippen LogP contribution in [0.4, 0.5) is 11.6 Å². The second-order valence-corrected chi connectivity index (χ2v) is 8.21. The molecule has 4 aromatic rings. The highest BCUT2D eigenvalue weighted by atomic mass is 16.5. The predicted molar refractivity (Wildman–Crippen MR) is 134 cm³/mol. The molecule has 0 bridgehead atoms. The van der Waals surface area contributed by atoms with E-state index in [1.54, 1.807) is 20.4 Å². The van der Waals surface area contributed by atoms with Gasteiger partial charge in [-0.1, -0.05) is 30.3 Å². The van der Waals surface area contributed by atoms with Crippen LogP contribution in [0.25, 0.3) is 5.69 Å². The fourth-order valence-electron chi connectivity index (χ4n) is 4.27. The normalized spacial score (nSPS) is 14.5. The van der Waals surface area contributed by atoms with Crippen molar-refractivity contribution in [3.63, 3.8) is 0 Å². The van der Waals surface area contributed by atoms with Crippen LogP contribution in [0.15, 0.2) is 67.3 Å². The fraction of sp³-hybridized carbons (Fsp3) is 0.296.